The lowest BCUT2D eigenvalue weighted by Gasteiger charge is -2.28. The van der Waals surface area contributed by atoms with Gasteiger partial charge in [0.05, 0.1) is 41.6 Å². The van der Waals surface area contributed by atoms with Crippen LogP contribution in [0.1, 0.15) is 41.6 Å². The smallest absolute Gasteiger partial charge is 0.339 e. The molecule has 0 fully saturated rings. The fraction of sp³-hybridized carbons (Fsp3) is 0.360. The maximum atomic E-state index is 14.0. The van der Waals surface area contributed by atoms with Gasteiger partial charge in [-0.15, -0.1) is 0 Å². The van der Waals surface area contributed by atoms with Gasteiger partial charge in [-0.05, 0) is 49.4 Å². The summed E-state index contributed by atoms with van der Waals surface area (Å²) in [6, 6.07) is 6.09. The van der Waals surface area contributed by atoms with E-state index in [1.54, 1.807) is 12.1 Å². The highest BCUT2D eigenvalue weighted by Crippen LogP contribution is 2.36. The number of benzene rings is 1. The highest BCUT2D eigenvalue weighted by molar-refractivity contribution is 6.38. The Balaban J connectivity index is 2.09. The number of anilines is 1. The number of amides is 1. The van der Waals surface area contributed by atoms with Crippen LogP contribution in [0.3, 0.4) is 0 Å². The van der Waals surface area contributed by atoms with Crippen molar-refractivity contribution in [2.75, 3.05) is 32.3 Å². The van der Waals surface area contributed by atoms with Gasteiger partial charge in [0.2, 0.25) is 0 Å². The molecule has 192 valence electrons. The molecule has 0 bridgehead atoms. The number of methoxy groups -OCH3 is 2. The number of aromatic nitrogens is 1. The molecule has 1 heterocycles. The Labute approximate surface area is 224 Å². The molecule has 8 nitrogen and oxygen atoms in total. The minimum Gasteiger partial charge on any atom is -0.465 e. The summed E-state index contributed by atoms with van der Waals surface area (Å²) < 4.78 is 15.1. The van der Waals surface area contributed by atoms with Crippen molar-refractivity contribution in [1.82, 2.24) is 4.98 Å². The van der Waals surface area contributed by atoms with Crippen molar-refractivity contribution in [3.05, 3.63) is 67.9 Å². The van der Waals surface area contributed by atoms with E-state index in [0.29, 0.717) is 34.7 Å². The van der Waals surface area contributed by atoms with Crippen LogP contribution in [0.25, 0.3) is 0 Å². The standard InChI is InChI=1S/C25H25Cl3N2O6/c1-34-9-10-36-25(33)17-6-4-3-5-16(17)23(31)30(14-15-7-8-22(28)29-13-15)21-11-18(24(32)35-2)19(26)12-20(21)27/h7-8,11-13H,3-6,9-10,14H2,1-2H3. The quantitative estimate of drug-likeness (QED) is 0.232. The molecular weight excluding hydrogens is 531 g/mol. The van der Waals surface area contributed by atoms with Crippen LogP contribution in [0.5, 0.6) is 0 Å². The lowest BCUT2D eigenvalue weighted by molar-refractivity contribution is -0.140. The summed E-state index contributed by atoms with van der Waals surface area (Å²) in [7, 11) is 2.73. The van der Waals surface area contributed by atoms with Gasteiger partial charge < -0.3 is 19.1 Å². The monoisotopic (exact) mass is 554 g/mol. The van der Waals surface area contributed by atoms with Gasteiger partial charge in [0, 0.05) is 24.5 Å². The molecule has 0 aliphatic heterocycles. The number of hydrogen-bond donors (Lipinski definition) is 0. The number of hydrogen-bond acceptors (Lipinski definition) is 7. The van der Waals surface area contributed by atoms with Gasteiger partial charge in [0.25, 0.3) is 5.91 Å². The maximum Gasteiger partial charge on any atom is 0.339 e. The molecule has 1 aliphatic rings. The first-order valence-corrected chi connectivity index (χ1v) is 12.3. The molecule has 1 aliphatic carbocycles. The molecule has 1 aromatic carbocycles. The number of rotatable bonds is 9. The Morgan fingerprint density at radius 1 is 0.944 bits per heavy atom. The summed E-state index contributed by atoms with van der Waals surface area (Å²) in [5.41, 5.74) is 1.57. The molecule has 1 aromatic heterocycles. The van der Waals surface area contributed by atoms with E-state index in [9.17, 15) is 14.4 Å². The number of halogens is 3. The predicted octanol–water partition coefficient (Wildman–Crippen LogP) is 5.42. The highest BCUT2D eigenvalue weighted by Gasteiger charge is 2.31. The third-order valence-corrected chi connectivity index (χ3v) is 6.44. The molecule has 36 heavy (non-hydrogen) atoms. The van der Waals surface area contributed by atoms with E-state index < -0.39 is 17.8 Å². The Kier molecular flexibility index (Phi) is 10.1. The largest absolute Gasteiger partial charge is 0.465 e. The van der Waals surface area contributed by atoms with Crippen molar-refractivity contribution < 1.29 is 28.6 Å². The van der Waals surface area contributed by atoms with E-state index in [1.165, 1.54) is 37.4 Å². The number of nitrogens with zero attached hydrogens (tertiary/aromatic N) is 2. The molecule has 0 spiro atoms. The molecule has 0 atom stereocenters. The van der Waals surface area contributed by atoms with Crippen molar-refractivity contribution in [1.29, 1.82) is 0 Å². The summed E-state index contributed by atoms with van der Waals surface area (Å²) >= 11 is 18.7. The average molecular weight is 556 g/mol. The predicted molar refractivity (Wildman–Crippen MR) is 137 cm³/mol. The molecule has 0 saturated carbocycles. The van der Waals surface area contributed by atoms with Crippen LogP contribution < -0.4 is 4.90 Å². The fourth-order valence-corrected chi connectivity index (χ4v) is 4.47. The zero-order chi connectivity index (χ0) is 26.2. The van der Waals surface area contributed by atoms with Crippen LogP contribution in [-0.2, 0) is 30.3 Å². The van der Waals surface area contributed by atoms with E-state index >= 15 is 0 Å². The third kappa shape index (κ3) is 6.76. The summed E-state index contributed by atoms with van der Waals surface area (Å²) in [5.74, 6) is -1.68. The molecule has 0 N–H and O–H groups in total. The summed E-state index contributed by atoms with van der Waals surface area (Å²) in [6.45, 7) is 0.362. The maximum absolute atomic E-state index is 14.0. The fourth-order valence-electron chi connectivity index (χ4n) is 3.79. The number of carbonyl (C=O) groups is 3. The Morgan fingerprint density at radius 3 is 2.31 bits per heavy atom. The van der Waals surface area contributed by atoms with Gasteiger partial charge in [-0.1, -0.05) is 40.9 Å². The molecule has 0 radical (unpaired) electrons. The minimum absolute atomic E-state index is 0.0421. The topological polar surface area (TPSA) is 95.0 Å². The summed E-state index contributed by atoms with van der Waals surface area (Å²) in [4.78, 5) is 44.5. The lowest BCUT2D eigenvalue weighted by atomic mass is 9.90. The summed E-state index contributed by atoms with van der Waals surface area (Å²) in [5, 5.41) is 0.518. The number of carbonyl (C=O) groups excluding carboxylic acids is 3. The van der Waals surface area contributed by atoms with Crippen LogP contribution in [0.4, 0.5) is 5.69 Å². The van der Waals surface area contributed by atoms with E-state index in [1.807, 2.05) is 0 Å². The van der Waals surface area contributed by atoms with Gasteiger partial charge in [-0.25, -0.2) is 14.6 Å². The normalized spacial score (nSPS) is 13.4. The van der Waals surface area contributed by atoms with E-state index in [4.69, 9.17) is 49.0 Å². The zero-order valence-corrected chi connectivity index (χ0v) is 22.1. The van der Waals surface area contributed by atoms with Gasteiger partial charge in [-0.2, -0.15) is 0 Å². The van der Waals surface area contributed by atoms with E-state index in [-0.39, 0.29) is 41.1 Å². The second kappa shape index (κ2) is 13.1. The van der Waals surface area contributed by atoms with Crippen molar-refractivity contribution in [3.63, 3.8) is 0 Å². The van der Waals surface area contributed by atoms with Crippen LogP contribution >= 0.6 is 34.8 Å². The average Bonchev–Trinajstić information content (AvgIpc) is 2.88. The van der Waals surface area contributed by atoms with Gasteiger partial charge in [0.1, 0.15) is 11.8 Å². The van der Waals surface area contributed by atoms with E-state index in [0.717, 1.165) is 12.8 Å². The Morgan fingerprint density at radius 2 is 1.67 bits per heavy atom. The van der Waals surface area contributed by atoms with Crippen LogP contribution in [0.15, 0.2) is 41.6 Å². The van der Waals surface area contributed by atoms with Crippen LogP contribution in [-0.4, -0.2) is 50.3 Å². The Bertz CT molecular complexity index is 1170. The highest BCUT2D eigenvalue weighted by atomic mass is 35.5. The molecule has 2 aromatic rings. The number of esters is 2. The minimum atomic E-state index is -0.683. The second-order valence-electron chi connectivity index (χ2n) is 7.95. The second-order valence-corrected chi connectivity index (χ2v) is 9.15. The van der Waals surface area contributed by atoms with Crippen molar-refractivity contribution in [2.24, 2.45) is 0 Å². The first kappa shape index (κ1) is 27.9. The van der Waals surface area contributed by atoms with Gasteiger partial charge in [-0.3, -0.25) is 4.79 Å². The SMILES string of the molecule is COCCOC(=O)C1=C(C(=O)N(Cc2ccc(Cl)nc2)c2cc(C(=O)OC)c(Cl)cc2Cl)CCCC1. The van der Waals surface area contributed by atoms with E-state index in [2.05, 4.69) is 4.98 Å². The zero-order valence-electron chi connectivity index (χ0n) is 19.8. The van der Waals surface area contributed by atoms with Gasteiger partial charge in [0.15, 0.2) is 0 Å². The molecule has 3 rings (SSSR count). The van der Waals surface area contributed by atoms with Crippen molar-refractivity contribution in [3.8, 4) is 0 Å². The molecule has 0 saturated heterocycles. The Hall–Kier alpha value is -2.65. The van der Waals surface area contributed by atoms with Crippen LogP contribution in [0.2, 0.25) is 15.2 Å². The first-order valence-electron chi connectivity index (χ1n) is 11.1. The lowest BCUT2D eigenvalue weighted by Crippen LogP contribution is -2.34. The molecular formula is C25H25Cl3N2O6. The third-order valence-electron chi connectivity index (χ3n) is 5.60. The number of pyridine rings is 1. The molecule has 1 amide bonds. The van der Waals surface area contributed by atoms with Crippen LogP contribution in [0, 0.1) is 0 Å². The van der Waals surface area contributed by atoms with Crippen molar-refractivity contribution in [2.45, 2.75) is 32.2 Å². The first-order chi connectivity index (χ1) is 17.3. The molecule has 0 unspecified atom stereocenters. The number of ether oxygens (including phenoxy) is 3. The summed E-state index contributed by atoms with van der Waals surface area (Å²) in [6.07, 6.45) is 3.81. The van der Waals surface area contributed by atoms with Crippen molar-refractivity contribution >= 4 is 58.3 Å². The van der Waals surface area contributed by atoms with Gasteiger partial charge >= 0.3 is 11.9 Å². The molecule has 11 heteroatoms.